The van der Waals surface area contributed by atoms with Crippen LogP contribution in [-0.4, -0.2) is 17.7 Å². The molecule has 1 aliphatic rings. The fraction of sp³-hybridized carbons (Fsp3) is 0.500. The van der Waals surface area contributed by atoms with Crippen LogP contribution in [0.4, 0.5) is 14.5 Å². The van der Waals surface area contributed by atoms with Crippen LogP contribution >= 0.6 is 11.8 Å². The summed E-state index contributed by atoms with van der Waals surface area (Å²) < 4.78 is 24.4. The number of amides is 1. The van der Waals surface area contributed by atoms with Crippen LogP contribution < -0.4 is 11.1 Å². The number of nitrogens with two attached hydrogens (primary N) is 1. The molecule has 0 bridgehead atoms. The van der Waals surface area contributed by atoms with Gasteiger partial charge in [0.2, 0.25) is 5.91 Å². The minimum absolute atomic E-state index is 0.0773. The number of rotatable bonds is 4. The zero-order chi connectivity index (χ0) is 14.5. The van der Waals surface area contributed by atoms with Gasteiger partial charge in [0.1, 0.15) is 0 Å². The van der Waals surface area contributed by atoms with E-state index in [4.69, 9.17) is 5.73 Å². The highest BCUT2D eigenvalue weighted by atomic mass is 32.2. The van der Waals surface area contributed by atoms with Crippen molar-refractivity contribution in [2.75, 3.05) is 5.32 Å². The zero-order valence-electron chi connectivity index (χ0n) is 11.0. The molecule has 20 heavy (non-hydrogen) atoms. The summed E-state index contributed by atoms with van der Waals surface area (Å²) in [5.74, 6) is -2.67. The number of nitrogens with one attached hydrogen (secondary N) is 1. The molecular weight excluding hydrogens is 282 g/mol. The summed E-state index contributed by atoms with van der Waals surface area (Å²) in [5.41, 5.74) is 6.58. The van der Waals surface area contributed by atoms with Crippen molar-refractivity contribution in [3.05, 3.63) is 24.3 Å². The van der Waals surface area contributed by atoms with Crippen molar-refractivity contribution in [1.29, 1.82) is 0 Å². The van der Waals surface area contributed by atoms with E-state index < -0.39 is 5.76 Å². The Bertz CT molecular complexity index is 453. The minimum atomic E-state index is -2.43. The van der Waals surface area contributed by atoms with E-state index in [-0.39, 0.29) is 17.9 Å². The van der Waals surface area contributed by atoms with Crippen molar-refractivity contribution in [1.82, 2.24) is 0 Å². The lowest BCUT2D eigenvalue weighted by molar-refractivity contribution is -0.121. The summed E-state index contributed by atoms with van der Waals surface area (Å²) in [6, 6.07) is 6.34. The first kappa shape index (κ1) is 15.3. The lowest BCUT2D eigenvalue weighted by Gasteiger charge is -2.27. The quantitative estimate of drug-likeness (QED) is 0.837. The van der Waals surface area contributed by atoms with Gasteiger partial charge >= 0.3 is 0 Å². The zero-order valence-corrected chi connectivity index (χ0v) is 11.8. The molecule has 0 aliphatic heterocycles. The number of hydrogen-bond donors (Lipinski definition) is 2. The van der Waals surface area contributed by atoms with Gasteiger partial charge in [-0.1, -0.05) is 24.6 Å². The molecule has 1 saturated carbocycles. The third kappa shape index (κ3) is 4.18. The monoisotopic (exact) mass is 300 g/mol. The molecule has 1 aromatic carbocycles. The van der Waals surface area contributed by atoms with Gasteiger partial charge in [-0.05, 0) is 37.1 Å². The van der Waals surface area contributed by atoms with Crippen molar-refractivity contribution < 1.29 is 13.6 Å². The number of thioether (sulfide) groups is 1. The van der Waals surface area contributed by atoms with E-state index in [9.17, 15) is 13.6 Å². The Labute approximate surface area is 121 Å². The van der Waals surface area contributed by atoms with Crippen LogP contribution in [-0.2, 0) is 4.79 Å². The van der Waals surface area contributed by atoms with Crippen LogP contribution in [0.15, 0.2) is 29.2 Å². The Kier molecular flexibility index (Phi) is 5.37. The van der Waals surface area contributed by atoms with Crippen LogP contribution in [0.5, 0.6) is 0 Å². The van der Waals surface area contributed by atoms with E-state index in [0.29, 0.717) is 22.3 Å². The molecule has 1 aromatic rings. The average molecular weight is 300 g/mol. The number of carbonyl (C=O) groups excluding carboxylic acids is 1. The molecule has 0 saturated heterocycles. The summed E-state index contributed by atoms with van der Waals surface area (Å²) in [7, 11) is 0. The Hall–Kier alpha value is -1.14. The smallest absolute Gasteiger partial charge is 0.288 e. The lowest BCUT2D eigenvalue weighted by Crippen LogP contribution is -2.40. The minimum Gasteiger partial charge on any atom is -0.327 e. The first-order valence-electron chi connectivity index (χ1n) is 6.67. The van der Waals surface area contributed by atoms with E-state index in [2.05, 4.69) is 5.32 Å². The van der Waals surface area contributed by atoms with Crippen molar-refractivity contribution >= 4 is 23.4 Å². The fourth-order valence-electron chi connectivity index (χ4n) is 2.44. The molecule has 0 heterocycles. The normalized spacial score (nSPS) is 22.8. The van der Waals surface area contributed by atoms with Gasteiger partial charge in [0.15, 0.2) is 0 Å². The van der Waals surface area contributed by atoms with Gasteiger partial charge in [0.25, 0.3) is 5.76 Å². The summed E-state index contributed by atoms with van der Waals surface area (Å²) in [6.07, 6.45) is 3.79. The topological polar surface area (TPSA) is 55.1 Å². The number of benzene rings is 1. The molecule has 3 nitrogen and oxygen atoms in total. The van der Waals surface area contributed by atoms with E-state index in [1.807, 2.05) is 0 Å². The van der Waals surface area contributed by atoms with E-state index in [0.717, 1.165) is 25.7 Å². The number of halogens is 2. The van der Waals surface area contributed by atoms with Gasteiger partial charge in [-0.3, -0.25) is 4.79 Å². The molecule has 1 aliphatic carbocycles. The second-order valence-electron chi connectivity index (χ2n) is 4.95. The number of hydrogen-bond acceptors (Lipinski definition) is 3. The SMILES string of the molecule is NC1CCCCC1C(=O)Nc1ccc(SC(F)F)cc1. The Balaban J connectivity index is 1.93. The van der Waals surface area contributed by atoms with Gasteiger partial charge in [0, 0.05) is 16.6 Å². The van der Waals surface area contributed by atoms with Crippen molar-refractivity contribution in [2.24, 2.45) is 11.7 Å². The number of carbonyl (C=O) groups is 1. The highest BCUT2D eigenvalue weighted by Gasteiger charge is 2.28. The molecule has 1 fully saturated rings. The molecular formula is C14H18F2N2OS. The van der Waals surface area contributed by atoms with Crippen molar-refractivity contribution in [2.45, 2.75) is 42.4 Å². The summed E-state index contributed by atoms with van der Waals surface area (Å²) in [6.45, 7) is 0. The highest BCUT2D eigenvalue weighted by Crippen LogP contribution is 2.27. The second-order valence-corrected chi connectivity index (χ2v) is 6.01. The largest absolute Gasteiger partial charge is 0.327 e. The van der Waals surface area contributed by atoms with E-state index in [1.54, 1.807) is 24.3 Å². The predicted octanol–water partition coefficient (Wildman–Crippen LogP) is 3.46. The van der Waals surface area contributed by atoms with Crippen LogP contribution in [0.1, 0.15) is 25.7 Å². The van der Waals surface area contributed by atoms with E-state index in [1.165, 1.54) is 0 Å². The maximum atomic E-state index is 12.2. The maximum Gasteiger partial charge on any atom is 0.288 e. The van der Waals surface area contributed by atoms with Crippen LogP contribution in [0.3, 0.4) is 0 Å². The Morgan fingerprint density at radius 3 is 2.50 bits per heavy atom. The van der Waals surface area contributed by atoms with Gasteiger partial charge in [-0.2, -0.15) is 8.78 Å². The third-order valence-electron chi connectivity index (χ3n) is 3.50. The molecule has 2 rings (SSSR count). The van der Waals surface area contributed by atoms with Gasteiger partial charge in [0.05, 0.1) is 5.92 Å². The second kappa shape index (κ2) is 7.04. The first-order chi connectivity index (χ1) is 9.56. The molecule has 2 unspecified atom stereocenters. The highest BCUT2D eigenvalue weighted by molar-refractivity contribution is 7.99. The summed E-state index contributed by atoms with van der Waals surface area (Å²) in [5, 5.41) is 2.81. The lowest BCUT2D eigenvalue weighted by atomic mass is 9.84. The molecule has 3 N–H and O–H groups in total. The number of alkyl halides is 2. The average Bonchev–Trinajstić information content (AvgIpc) is 2.41. The Morgan fingerprint density at radius 1 is 1.25 bits per heavy atom. The van der Waals surface area contributed by atoms with Gasteiger partial charge in [-0.25, -0.2) is 0 Å². The first-order valence-corrected chi connectivity index (χ1v) is 7.55. The van der Waals surface area contributed by atoms with Crippen LogP contribution in [0, 0.1) is 5.92 Å². The Morgan fingerprint density at radius 2 is 1.90 bits per heavy atom. The van der Waals surface area contributed by atoms with Crippen LogP contribution in [0.25, 0.3) is 0 Å². The number of anilines is 1. The van der Waals surface area contributed by atoms with Crippen molar-refractivity contribution in [3.8, 4) is 0 Å². The van der Waals surface area contributed by atoms with Crippen LogP contribution in [0.2, 0.25) is 0 Å². The standard InChI is InChI=1S/C14H18F2N2OS/c15-14(16)20-10-7-5-9(6-8-10)18-13(19)11-3-1-2-4-12(11)17/h5-8,11-12,14H,1-4,17H2,(H,18,19). The predicted molar refractivity (Wildman–Crippen MR) is 76.9 cm³/mol. The molecule has 0 aromatic heterocycles. The molecule has 0 spiro atoms. The molecule has 110 valence electrons. The molecule has 1 amide bonds. The summed E-state index contributed by atoms with van der Waals surface area (Å²) >= 11 is 0.488. The van der Waals surface area contributed by atoms with Gasteiger partial charge < -0.3 is 11.1 Å². The van der Waals surface area contributed by atoms with Crippen molar-refractivity contribution in [3.63, 3.8) is 0 Å². The molecule has 0 radical (unpaired) electrons. The third-order valence-corrected chi connectivity index (χ3v) is 4.23. The summed E-state index contributed by atoms with van der Waals surface area (Å²) in [4.78, 5) is 12.6. The molecule has 6 heteroatoms. The van der Waals surface area contributed by atoms with E-state index >= 15 is 0 Å². The fourth-order valence-corrected chi connectivity index (χ4v) is 2.94. The van der Waals surface area contributed by atoms with Gasteiger partial charge in [-0.15, -0.1) is 0 Å². The maximum absolute atomic E-state index is 12.2. The molecule has 2 atom stereocenters.